The Bertz CT molecular complexity index is 253. The Balaban J connectivity index is 2.32. The average molecular weight is 239 g/mol. The van der Waals surface area contributed by atoms with Crippen molar-refractivity contribution < 1.29 is 9.59 Å². The predicted molar refractivity (Wildman–Crippen MR) is 68.7 cm³/mol. The first kappa shape index (κ1) is 14.2. The SMILES string of the molecule is CC(C)C(=O)CNC(=O)C1CCCCCCC1. The molecule has 1 fully saturated rings. The Hall–Kier alpha value is -0.860. The van der Waals surface area contributed by atoms with E-state index < -0.39 is 0 Å². The number of rotatable bonds is 4. The number of nitrogens with one attached hydrogen (secondary N) is 1. The van der Waals surface area contributed by atoms with Crippen molar-refractivity contribution in [3.63, 3.8) is 0 Å². The van der Waals surface area contributed by atoms with Gasteiger partial charge in [-0.25, -0.2) is 0 Å². The lowest BCUT2D eigenvalue weighted by Gasteiger charge is -2.19. The van der Waals surface area contributed by atoms with Gasteiger partial charge < -0.3 is 5.32 Å². The summed E-state index contributed by atoms with van der Waals surface area (Å²) in [6, 6.07) is 0. The van der Waals surface area contributed by atoms with E-state index in [-0.39, 0.29) is 30.1 Å². The first-order valence-corrected chi connectivity index (χ1v) is 6.91. The molecule has 1 aliphatic rings. The van der Waals surface area contributed by atoms with Crippen LogP contribution in [0.3, 0.4) is 0 Å². The third-order valence-electron chi connectivity index (χ3n) is 3.56. The molecule has 0 saturated heterocycles. The number of ketones is 1. The Morgan fingerprint density at radius 1 is 1.06 bits per heavy atom. The summed E-state index contributed by atoms with van der Waals surface area (Å²) in [6.07, 6.45) is 8.07. The fraction of sp³-hybridized carbons (Fsp3) is 0.857. The van der Waals surface area contributed by atoms with Crippen LogP contribution in [0.4, 0.5) is 0 Å². The molecule has 0 aromatic carbocycles. The van der Waals surface area contributed by atoms with Gasteiger partial charge in [-0.3, -0.25) is 9.59 Å². The number of carbonyl (C=O) groups excluding carboxylic acids is 2. The highest BCUT2D eigenvalue weighted by atomic mass is 16.2. The monoisotopic (exact) mass is 239 g/mol. The summed E-state index contributed by atoms with van der Waals surface area (Å²) in [5, 5.41) is 2.79. The number of Topliss-reactive ketones (excluding diaryl/α,β-unsaturated/α-hetero) is 1. The van der Waals surface area contributed by atoms with Crippen LogP contribution in [-0.2, 0) is 9.59 Å². The molecule has 0 bridgehead atoms. The van der Waals surface area contributed by atoms with E-state index >= 15 is 0 Å². The van der Waals surface area contributed by atoms with Gasteiger partial charge in [0.25, 0.3) is 0 Å². The van der Waals surface area contributed by atoms with Crippen molar-refractivity contribution >= 4 is 11.7 Å². The van der Waals surface area contributed by atoms with Gasteiger partial charge in [0.1, 0.15) is 0 Å². The highest BCUT2D eigenvalue weighted by Crippen LogP contribution is 2.22. The molecule has 0 aromatic heterocycles. The van der Waals surface area contributed by atoms with Crippen LogP contribution in [0, 0.1) is 11.8 Å². The van der Waals surface area contributed by atoms with Gasteiger partial charge in [-0.2, -0.15) is 0 Å². The van der Waals surface area contributed by atoms with Crippen molar-refractivity contribution in [1.82, 2.24) is 5.32 Å². The molecule has 1 saturated carbocycles. The molecule has 0 unspecified atom stereocenters. The summed E-state index contributed by atoms with van der Waals surface area (Å²) in [4.78, 5) is 23.4. The zero-order chi connectivity index (χ0) is 12.7. The van der Waals surface area contributed by atoms with Crippen LogP contribution in [0.25, 0.3) is 0 Å². The molecule has 1 amide bonds. The van der Waals surface area contributed by atoms with E-state index in [9.17, 15) is 9.59 Å². The molecule has 0 atom stereocenters. The summed E-state index contributed by atoms with van der Waals surface area (Å²) in [6.45, 7) is 3.93. The molecule has 0 aliphatic heterocycles. The van der Waals surface area contributed by atoms with E-state index in [0.717, 1.165) is 25.7 Å². The zero-order valence-corrected chi connectivity index (χ0v) is 11.1. The molecule has 3 nitrogen and oxygen atoms in total. The van der Waals surface area contributed by atoms with Crippen LogP contribution in [-0.4, -0.2) is 18.2 Å². The summed E-state index contributed by atoms with van der Waals surface area (Å²) in [7, 11) is 0. The highest BCUT2D eigenvalue weighted by Gasteiger charge is 2.19. The first-order valence-electron chi connectivity index (χ1n) is 6.91. The van der Waals surface area contributed by atoms with Crippen molar-refractivity contribution in [2.45, 2.75) is 58.8 Å². The van der Waals surface area contributed by atoms with E-state index in [4.69, 9.17) is 0 Å². The Labute approximate surface area is 104 Å². The van der Waals surface area contributed by atoms with Crippen LogP contribution in [0.15, 0.2) is 0 Å². The smallest absolute Gasteiger partial charge is 0.223 e. The summed E-state index contributed by atoms with van der Waals surface area (Å²) >= 11 is 0. The van der Waals surface area contributed by atoms with Gasteiger partial charge >= 0.3 is 0 Å². The fourth-order valence-electron chi connectivity index (χ4n) is 2.24. The summed E-state index contributed by atoms with van der Waals surface area (Å²) in [5.74, 6) is 0.341. The minimum Gasteiger partial charge on any atom is -0.349 e. The minimum absolute atomic E-state index is 0.00707. The van der Waals surface area contributed by atoms with E-state index in [1.54, 1.807) is 0 Å². The Morgan fingerprint density at radius 2 is 1.59 bits per heavy atom. The van der Waals surface area contributed by atoms with Crippen molar-refractivity contribution in [2.24, 2.45) is 11.8 Å². The third-order valence-corrected chi connectivity index (χ3v) is 3.56. The molecule has 0 aromatic rings. The number of carbonyl (C=O) groups is 2. The van der Waals surface area contributed by atoms with Crippen LogP contribution in [0.2, 0.25) is 0 Å². The lowest BCUT2D eigenvalue weighted by molar-refractivity contribution is -0.129. The van der Waals surface area contributed by atoms with Crippen molar-refractivity contribution in [3.8, 4) is 0 Å². The van der Waals surface area contributed by atoms with Gasteiger partial charge in [-0.15, -0.1) is 0 Å². The van der Waals surface area contributed by atoms with E-state index in [1.807, 2.05) is 13.8 Å². The normalized spacial score (nSPS) is 18.5. The molecule has 1 aliphatic carbocycles. The second-order valence-corrected chi connectivity index (χ2v) is 5.38. The third kappa shape index (κ3) is 5.33. The second kappa shape index (κ2) is 7.46. The molecule has 1 N–H and O–H groups in total. The topological polar surface area (TPSA) is 46.2 Å². The van der Waals surface area contributed by atoms with E-state index in [1.165, 1.54) is 19.3 Å². The molecule has 0 radical (unpaired) electrons. The van der Waals surface area contributed by atoms with Crippen LogP contribution >= 0.6 is 0 Å². The quantitative estimate of drug-likeness (QED) is 0.820. The molecular weight excluding hydrogens is 214 g/mol. The standard InChI is InChI=1S/C14H25NO2/c1-11(2)13(16)10-15-14(17)12-8-6-4-3-5-7-9-12/h11-12H,3-10H2,1-2H3,(H,15,17). The number of hydrogen-bond acceptors (Lipinski definition) is 2. The molecule has 17 heavy (non-hydrogen) atoms. The average Bonchev–Trinajstić information content (AvgIpc) is 2.24. The van der Waals surface area contributed by atoms with Gasteiger partial charge in [-0.05, 0) is 12.8 Å². The molecular formula is C14H25NO2. The maximum atomic E-state index is 11.9. The summed E-state index contributed by atoms with van der Waals surface area (Å²) < 4.78 is 0. The largest absolute Gasteiger partial charge is 0.349 e. The molecule has 98 valence electrons. The van der Waals surface area contributed by atoms with Gasteiger partial charge in [0.2, 0.25) is 5.91 Å². The first-order chi connectivity index (χ1) is 8.11. The highest BCUT2D eigenvalue weighted by molar-refractivity contribution is 5.87. The second-order valence-electron chi connectivity index (χ2n) is 5.38. The molecule has 0 heterocycles. The number of hydrogen-bond donors (Lipinski definition) is 1. The van der Waals surface area contributed by atoms with E-state index in [0.29, 0.717) is 0 Å². The maximum absolute atomic E-state index is 11.9. The molecule has 0 spiro atoms. The number of amides is 1. The van der Waals surface area contributed by atoms with Crippen molar-refractivity contribution in [3.05, 3.63) is 0 Å². The molecule has 1 rings (SSSR count). The zero-order valence-electron chi connectivity index (χ0n) is 11.1. The lowest BCUT2D eigenvalue weighted by atomic mass is 9.90. The van der Waals surface area contributed by atoms with Gasteiger partial charge in [0.05, 0.1) is 6.54 Å². The van der Waals surface area contributed by atoms with Gasteiger partial charge in [-0.1, -0.05) is 46.0 Å². The summed E-state index contributed by atoms with van der Waals surface area (Å²) in [5.41, 5.74) is 0. The van der Waals surface area contributed by atoms with Gasteiger partial charge in [0, 0.05) is 11.8 Å². The van der Waals surface area contributed by atoms with Gasteiger partial charge in [0.15, 0.2) is 5.78 Å². The van der Waals surface area contributed by atoms with Crippen LogP contribution < -0.4 is 5.32 Å². The Kier molecular flexibility index (Phi) is 6.23. The minimum atomic E-state index is 0.00707. The van der Waals surface area contributed by atoms with Crippen molar-refractivity contribution in [2.75, 3.05) is 6.54 Å². The molecule has 3 heteroatoms. The van der Waals surface area contributed by atoms with E-state index in [2.05, 4.69) is 5.32 Å². The maximum Gasteiger partial charge on any atom is 0.223 e. The van der Waals surface area contributed by atoms with Crippen LogP contribution in [0.5, 0.6) is 0 Å². The van der Waals surface area contributed by atoms with Crippen LogP contribution in [0.1, 0.15) is 58.8 Å². The van der Waals surface area contributed by atoms with Crippen molar-refractivity contribution in [1.29, 1.82) is 0 Å². The lowest BCUT2D eigenvalue weighted by Crippen LogP contribution is -2.36. The Morgan fingerprint density at radius 3 is 2.12 bits per heavy atom. The predicted octanol–water partition coefficient (Wildman–Crippen LogP) is 2.69. The fourth-order valence-corrected chi connectivity index (χ4v) is 2.24.